The third-order valence-electron chi connectivity index (χ3n) is 14.8. The molecule has 6 rings (SSSR count). The molecule has 12 heteroatoms. The van der Waals surface area contributed by atoms with Crippen molar-refractivity contribution in [1.29, 1.82) is 0 Å². The van der Waals surface area contributed by atoms with Crippen molar-refractivity contribution < 1.29 is 58.7 Å². The van der Waals surface area contributed by atoms with Crippen LogP contribution < -0.4 is 13.7 Å². The van der Waals surface area contributed by atoms with Gasteiger partial charge in [-0.25, -0.2) is 13.7 Å². The van der Waals surface area contributed by atoms with Gasteiger partial charge in [-0.1, -0.05) is 73.7 Å². The van der Waals surface area contributed by atoms with Gasteiger partial charge in [-0.2, -0.15) is 0 Å². The number of aliphatic hydroxyl groups is 6. The van der Waals surface area contributed by atoms with E-state index in [9.17, 15) is 40.2 Å². The molecule has 5 aromatic rings. The number of pyridine rings is 3. The maximum atomic E-state index is 12.2. The number of allylic oxidation sites excluding steroid dienone is 4. The molecule has 3 heterocycles. The molecular weight excluding hydrogens is 919 g/mol. The van der Waals surface area contributed by atoms with E-state index in [2.05, 4.69) is 134 Å². The minimum Gasteiger partial charge on any atom is -0.393 e. The zero-order chi connectivity index (χ0) is 52.6. The Kier molecular flexibility index (Phi) is 21.5. The van der Waals surface area contributed by atoms with E-state index >= 15 is 0 Å². The average Bonchev–Trinajstić information content (AvgIpc) is 3.36. The molecule has 3 aromatic heterocycles. The first-order valence-electron chi connectivity index (χ1n) is 26.0. The number of benzene rings is 2. The largest absolute Gasteiger partial charge is 0.393 e. The average molecular weight is 999 g/mol. The van der Waals surface area contributed by atoms with E-state index in [0.717, 1.165) is 29.3 Å². The van der Waals surface area contributed by atoms with E-state index in [4.69, 9.17) is 4.74 Å². The van der Waals surface area contributed by atoms with Crippen LogP contribution in [0.4, 0.5) is 0 Å². The smallest absolute Gasteiger partial charge is 0.168 e. The summed E-state index contributed by atoms with van der Waals surface area (Å²) in [6.07, 6.45) is 16.8. The normalized spacial score (nSPS) is 18.7. The summed E-state index contributed by atoms with van der Waals surface area (Å²) >= 11 is 0. The molecule has 2 aromatic carbocycles. The van der Waals surface area contributed by atoms with Gasteiger partial charge < -0.3 is 35.4 Å². The Labute approximate surface area is 432 Å². The first kappa shape index (κ1) is 56.7. The number of carbonyl (C=O) groups is 2. The van der Waals surface area contributed by atoms with Crippen LogP contribution in [-0.4, -0.2) is 85.9 Å². The van der Waals surface area contributed by atoms with Gasteiger partial charge in [-0.15, -0.1) is 0 Å². The van der Waals surface area contributed by atoms with Gasteiger partial charge in [0.05, 0.1) is 49.3 Å². The van der Waals surface area contributed by atoms with Crippen LogP contribution in [-0.2, 0) is 43.7 Å². The summed E-state index contributed by atoms with van der Waals surface area (Å²) in [6.45, 7) is 5.71. The predicted octanol–water partition coefficient (Wildman–Crippen LogP) is 6.42. The van der Waals surface area contributed by atoms with Crippen LogP contribution in [0.5, 0.6) is 0 Å². The highest BCUT2D eigenvalue weighted by Gasteiger charge is 2.43. The zero-order valence-corrected chi connectivity index (χ0v) is 43.6. The van der Waals surface area contributed by atoms with Crippen molar-refractivity contribution in [2.75, 3.05) is 0 Å². The lowest BCUT2D eigenvalue weighted by Crippen LogP contribution is -2.35. The van der Waals surface area contributed by atoms with Crippen LogP contribution in [0.25, 0.3) is 0 Å². The van der Waals surface area contributed by atoms with Gasteiger partial charge in [-0.3, -0.25) is 9.59 Å². The Balaban J connectivity index is 1.39. The van der Waals surface area contributed by atoms with Crippen LogP contribution in [0.2, 0.25) is 0 Å². The maximum absolute atomic E-state index is 12.2. The molecule has 0 aliphatic heterocycles. The molecule has 6 N–H and O–H groups in total. The first-order chi connectivity index (χ1) is 35.0. The highest BCUT2D eigenvalue weighted by atomic mass is 16.5. The number of hydrogen-bond acceptors (Lipinski definition) is 9. The third-order valence-corrected chi connectivity index (χ3v) is 14.8. The van der Waals surface area contributed by atoms with Crippen LogP contribution >= 0.6 is 0 Å². The molecule has 0 saturated carbocycles. The lowest BCUT2D eigenvalue weighted by atomic mass is 9.59. The Morgan fingerprint density at radius 3 is 1.51 bits per heavy atom. The molecule has 0 fully saturated rings. The Bertz CT molecular complexity index is 2510. The summed E-state index contributed by atoms with van der Waals surface area (Å²) < 4.78 is 12.6. The van der Waals surface area contributed by atoms with Gasteiger partial charge >= 0.3 is 0 Å². The van der Waals surface area contributed by atoms with Crippen molar-refractivity contribution in [2.24, 2.45) is 33.0 Å². The zero-order valence-electron chi connectivity index (χ0n) is 43.6. The molecule has 13 atom stereocenters. The number of aldehydes is 2. The maximum Gasteiger partial charge on any atom is 0.168 e. The lowest BCUT2D eigenvalue weighted by molar-refractivity contribution is -0.671. The summed E-state index contributed by atoms with van der Waals surface area (Å²) in [5.74, 6) is -0.116. The van der Waals surface area contributed by atoms with Crippen LogP contribution in [0, 0.1) is 11.8 Å². The lowest BCUT2D eigenvalue weighted by Gasteiger charge is -2.44. The molecule has 12 nitrogen and oxygen atoms in total. The van der Waals surface area contributed by atoms with Crippen molar-refractivity contribution in [3.05, 3.63) is 185 Å². The molecule has 390 valence electrons. The summed E-state index contributed by atoms with van der Waals surface area (Å²) in [6, 6.07) is 29.9. The van der Waals surface area contributed by atoms with Crippen molar-refractivity contribution in [2.45, 2.75) is 145 Å². The van der Waals surface area contributed by atoms with E-state index in [-0.39, 0.29) is 80.6 Å². The number of ether oxygens (including phenoxy) is 1. The molecule has 0 radical (unpaired) electrons. The van der Waals surface area contributed by atoms with Gasteiger partial charge in [0.15, 0.2) is 37.2 Å². The van der Waals surface area contributed by atoms with Crippen molar-refractivity contribution in [1.82, 2.24) is 0 Å². The van der Waals surface area contributed by atoms with Gasteiger partial charge in [-0.05, 0) is 134 Å². The van der Waals surface area contributed by atoms with Crippen LogP contribution in [0.15, 0.2) is 146 Å². The molecule has 0 spiro atoms. The second-order valence-corrected chi connectivity index (χ2v) is 21.0. The Morgan fingerprint density at radius 2 is 1.01 bits per heavy atom. The fourth-order valence-electron chi connectivity index (χ4n) is 11.0. The summed E-state index contributed by atoms with van der Waals surface area (Å²) in [7, 11) is 6.07. The summed E-state index contributed by atoms with van der Waals surface area (Å²) in [5.41, 5.74) is 8.00. The van der Waals surface area contributed by atoms with Crippen LogP contribution in [0.1, 0.15) is 133 Å². The van der Waals surface area contributed by atoms with Crippen LogP contribution in [0.3, 0.4) is 0 Å². The second kappa shape index (κ2) is 27.6. The Hall–Kier alpha value is -5.57. The van der Waals surface area contributed by atoms with E-state index in [1.54, 1.807) is 13.8 Å². The number of rotatable bonds is 28. The second-order valence-electron chi connectivity index (χ2n) is 21.0. The molecular formula is C61H80N3O9+3. The number of aliphatic hydroxyl groups excluding tert-OH is 6. The number of hydrogen-bond donors (Lipinski definition) is 6. The van der Waals surface area contributed by atoms with E-state index in [0.29, 0.717) is 24.0 Å². The van der Waals surface area contributed by atoms with Gasteiger partial charge in [0.25, 0.3) is 0 Å². The first-order valence-corrected chi connectivity index (χ1v) is 26.0. The topological polar surface area (TPSA) is 176 Å². The summed E-state index contributed by atoms with van der Waals surface area (Å²) in [5, 5.41) is 62.5. The Morgan fingerprint density at radius 1 is 0.548 bits per heavy atom. The predicted molar refractivity (Wildman–Crippen MR) is 280 cm³/mol. The van der Waals surface area contributed by atoms with E-state index in [1.165, 1.54) is 16.7 Å². The fraction of sp³-hybridized carbons (Fsp3) is 0.459. The SMILES string of the molecule is CC(O)CC(O)CC(O)CC(O)CC(CC(O)CC(C)O)OCc1ccc(CC(c2cc[n+](C)cc2)C(c2cc[n+](C)cc2)C(c2ccc(C=O)cc2)C(C2C=CC(C=O)=CC2)C(C)c2cc[n+](C)cc2)cc1. The highest BCUT2D eigenvalue weighted by Crippen LogP contribution is 2.54. The standard InChI is InChI=1S/C61H80N3O9/c1-41(67)31-53(69)34-55(71)35-56(72)37-57(36-54(70)32-42(2)68)73-40-47-9-7-44(8-10-47)33-58(49-21-27-63(5)28-22-49)60(52-23-29-64(6)30-24-52)61(51-17-13-46(39-66)14-18-51)59(50-15-11-45(38-65)12-16-50)43(3)48-19-25-62(4)26-20-48/h7-15,17-30,38-39,41-43,50,53-61,67-72H,16,31-37,40H2,1-6H3/q+3. The van der Waals surface area contributed by atoms with Gasteiger partial charge in [0.2, 0.25) is 0 Å². The van der Waals surface area contributed by atoms with E-state index in [1.807, 2.05) is 48.5 Å². The van der Waals surface area contributed by atoms with Gasteiger partial charge in [0.1, 0.15) is 33.7 Å². The van der Waals surface area contributed by atoms with Crippen molar-refractivity contribution in [3.63, 3.8) is 0 Å². The van der Waals surface area contributed by atoms with Crippen molar-refractivity contribution >= 4 is 12.6 Å². The molecule has 0 amide bonds. The third kappa shape index (κ3) is 17.0. The van der Waals surface area contributed by atoms with Crippen molar-refractivity contribution in [3.8, 4) is 0 Å². The molecule has 13 unspecified atom stereocenters. The van der Waals surface area contributed by atoms with Gasteiger partial charge in [0, 0.05) is 47.5 Å². The molecule has 73 heavy (non-hydrogen) atoms. The monoisotopic (exact) mass is 999 g/mol. The minimum absolute atomic E-state index is 0.00757. The molecule has 0 bridgehead atoms. The fourth-order valence-corrected chi connectivity index (χ4v) is 11.0. The number of carbonyl (C=O) groups excluding carboxylic acids is 2. The summed E-state index contributed by atoms with van der Waals surface area (Å²) in [4.78, 5) is 24.2. The highest BCUT2D eigenvalue weighted by molar-refractivity contribution is 5.77. The quantitative estimate of drug-likeness (QED) is 0.0244. The minimum atomic E-state index is -0.996. The van der Waals surface area contributed by atoms with E-state index < -0.39 is 42.7 Å². The molecule has 1 aliphatic carbocycles. The molecule has 0 saturated heterocycles. The molecule has 1 aliphatic rings. The number of nitrogens with zero attached hydrogens (tertiary/aromatic N) is 3. The number of aromatic nitrogens is 3. The number of aryl methyl sites for hydroxylation is 3.